The molecule has 5 heteroatoms. The van der Waals surface area contributed by atoms with Gasteiger partial charge in [0.2, 0.25) is 0 Å². The van der Waals surface area contributed by atoms with Crippen molar-refractivity contribution in [1.29, 1.82) is 5.26 Å². The molecule has 1 aliphatic rings. The Bertz CT molecular complexity index is 458. The molecule has 0 aromatic carbocycles. The number of rotatable bonds is 3. The zero-order valence-electron chi connectivity index (χ0n) is 9.99. The Morgan fingerprint density at radius 2 is 2.29 bits per heavy atom. The van der Waals surface area contributed by atoms with E-state index in [2.05, 4.69) is 10.2 Å². The fourth-order valence-corrected chi connectivity index (χ4v) is 2.16. The van der Waals surface area contributed by atoms with Crippen molar-refractivity contribution in [2.75, 3.05) is 13.6 Å². The van der Waals surface area contributed by atoms with Gasteiger partial charge in [-0.25, -0.2) is 0 Å². The van der Waals surface area contributed by atoms with Crippen molar-refractivity contribution < 1.29 is 4.79 Å². The molecule has 17 heavy (non-hydrogen) atoms. The molecular weight excluding hydrogens is 216 g/mol. The van der Waals surface area contributed by atoms with Gasteiger partial charge in [-0.3, -0.25) is 9.89 Å². The van der Waals surface area contributed by atoms with Crippen molar-refractivity contribution >= 4 is 5.91 Å². The SMILES string of the molecule is CN(CCC#N)C(=O)c1n[nH]c2c1CCCC2. The molecule has 1 aromatic rings. The number of nitrogens with zero attached hydrogens (tertiary/aromatic N) is 3. The van der Waals surface area contributed by atoms with Gasteiger partial charge in [-0.15, -0.1) is 0 Å². The van der Waals surface area contributed by atoms with Gasteiger partial charge in [-0.1, -0.05) is 0 Å². The van der Waals surface area contributed by atoms with Crippen molar-refractivity contribution in [3.63, 3.8) is 0 Å². The molecule has 0 fully saturated rings. The van der Waals surface area contributed by atoms with E-state index in [1.54, 1.807) is 11.9 Å². The number of amides is 1. The third-order valence-corrected chi connectivity index (χ3v) is 3.16. The molecule has 0 radical (unpaired) electrons. The number of nitriles is 1. The van der Waals surface area contributed by atoms with Gasteiger partial charge in [0, 0.05) is 24.8 Å². The van der Waals surface area contributed by atoms with Gasteiger partial charge in [0.05, 0.1) is 12.5 Å². The Morgan fingerprint density at radius 1 is 1.53 bits per heavy atom. The van der Waals surface area contributed by atoms with Gasteiger partial charge >= 0.3 is 0 Å². The van der Waals surface area contributed by atoms with Gasteiger partial charge in [-0.05, 0) is 25.7 Å². The molecule has 1 aromatic heterocycles. The van der Waals surface area contributed by atoms with Crippen molar-refractivity contribution in [3.8, 4) is 6.07 Å². The average Bonchev–Trinajstić information content (AvgIpc) is 2.78. The van der Waals surface area contributed by atoms with E-state index in [-0.39, 0.29) is 5.91 Å². The fraction of sp³-hybridized carbons (Fsp3) is 0.583. The molecule has 0 unspecified atom stereocenters. The Morgan fingerprint density at radius 3 is 3.06 bits per heavy atom. The first-order valence-corrected chi connectivity index (χ1v) is 5.92. The quantitative estimate of drug-likeness (QED) is 0.853. The Kier molecular flexibility index (Phi) is 3.43. The van der Waals surface area contributed by atoms with E-state index in [4.69, 9.17) is 5.26 Å². The zero-order valence-corrected chi connectivity index (χ0v) is 9.99. The molecular formula is C12H16N4O. The molecule has 2 rings (SSSR count). The third kappa shape index (κ3) is 2.31. The summed E-state index contributed by atoms with van der Waals surface area (Å²) in [4.78, 5) is 13.7. The standard InChI is InChI=1S/C12H16N4O/c1-16(8-4-7-13)12(17)11-9-5-2-3-6-10(9)14-15-11/h2-6,8H2,1H3,(H,14,15). The van der Waals surface area contributed by atoms with Crippen molar-refractivity contribution in [3.05, 3.63) is 17.0 Å². The summed E-state index contributed by atoms with van der Waals surface area (Å²) in [6, 6.07) is 2.04. The third-order valence-electron chi connectivity index (χ3n) is 3.16. The molecule has 0 aliphatic heterocycles. The zero-order chi connectivity index (χ0) is 12.3. The minimum Gasteiger partial charge on any atom is -0.339 e. The van der Waals surface area contributed by atoms with E-state index in [9.17, 15) is 4.79 Å². The summed E-state index contributed by atoms with van der Waals surface area (Å²) >= 11 is 0. The van der Waals surface area contributed by atoms with Crippen molar-refractivity contribution in [2.24, 2.45) is 0 Å². The van der Waals surface area contributed by atoms with Crippen LogP contribution in [0.2, 0.25) is 0 Å². The van der Waals surface area contributed by atoms with Crippen LogP contribution >= 0.6 is 0 Å². The lowest BCUT2D eigenvalue weighted by Gasteiger charge is -2.16. The van der Waals surface area contributed by atoms with Crippen LogP contribution in [0.25, 0.3) is 0 Å². The van der Waals surface area contributed by atoms with Crippen LogP contribution in [-0.2, 0) is 12.8 Å². The maximum atomic E-state index is 12.1. The predicted octanol–water partition coefficient (Wildman–Crippen LogP) is 1.27. The molecule has 1 aliphatic carbocycles. The second kappa shape index (κ2) is 5.00. The van der Waals surface area contributed by atoms with Crippen LogP contribution in [0, 0.1) is 11.3 Å². The lowest BCUT2D eigenvalue weighted by atomic mass is 9.95. The number of H-pyrrole nitrogens is 1. The topological polar surface area (TPSA) is 72.8 Å². The lowest BCUT2D eigenvalue weighted by Crippen LogP contribution is -2.28. The van der Waals surface area contributed by atoms with E-state index in [1.807, 2.05) is 6.07 Å². The van der Waals surface area contributed by atoms with E-state index in [0.29, 0.717) is 18.7 Å². The van der Waals surface area contributed by atoms with Crippen LogP contribution in [0.15, 0.2) is 0 Å². The molecule has 0 spiro atoms. The first-order valence-electron chi connectivity index (χ1n) is 5.92. The molecule has 1 heterocycles. The van der Waals surface area contributed by atoms with Crippen molar-refractivity contribution in [1.82, 2.24) is 15.1 Å². The van der Waals surface area contributed by atoms with Crippen molar-refractivity contribution in [2.45, 2.75) is 32.1 Å². The maximum Gasteiger partial charge on any atom is 0.274 e. The van der Waals surface area contributed by atoms with E-state index in [0.717, 1.165) is 36.9 Å². The minimum absolute atomic E-state index is 0.0837. The number of nitrogens with one attached hydrogen (secondary N) is 1. The lowest BCUT2D eigenvalue weighted by molar-refractivity contribution is 0.0791. The number of carbonyl (C=O) groups excluding carboxylic acids is 1. The molecule has 0 atom stereocenters. The highest BCUT2D eigenvalue weighted by Crippen LogP contribution is 2.22. The van der Waals surface area contributed by atoms with Crippen LogP contribution in [0.4, 0.5) is 0 Å². The summed E-state index contributed by atoms with van der Waals surface area (Å²) < 4.78 is 0. The van der Waals surface area contributed by atoms with E-state index >= 15 is 0 Å². The van der Waals surface area contributed by atoms with E-state index in [1.165, 1.54) is 0 Å². The summed E-state index contributed by atoms with van der Waals surface area (Å²) in [6.45, 7) is 0.455. The van der Waals surface area contributed by atoms with Crippen LogP contribution in [0.5, 0.6) is 0 Å². The average molecular weight is 232 g/mol. The largest absolute Gasteiger partial charge is 0.339 e. The highest BCUT2D eigenvalue weighted by molar-refractivity contribution is 5.93. The molecule has 0 saturated carbocycles. The van der Waals surface area contributed by atoms with Gasteiger partial charge in [-0.2, -0.15) is 10.4 Å². The highest BCUT2D eigenvalue weighted by atomic mass is 16.2. The second-order valence-electron chi connectivity index (χ2n) is 4.37. The summed E-state index contributed by atoms with van der Waals surface area (Å²) in [6.07, 6.45) is 4.55. The van der Waals surface area contributed by atoms with Crippen LogP contribution in [0.1, 0.15) is 41.0 Å². The van der Waals surface area contributed by atoms with Crippen LogP contribution in [0.3, 0.4) is 0 Å². The molecule has 5 nitrogen and oxygen atoms in total. The second-order valence-corrected chi connectivity index (χ2v) is 4.37. The molecule has 1 N–H and O–H groups in total. The molecule has 1 amide bonds. The summed E-state index contributed by atoms with van der Waals surface area (Å²) in [5, 5.41) is 15.6. The van der Waals surface area contributed by atoms with Crippen LogP contribution in [-0.4, -0.2) is 34.6 Å². The number of carbonyl (C=O) groups is 1. The fourth-order valence-electron chi connectivity index (χ4n) is 2.16. The smallest absolute Gasteiger partial charge is 0.274 e. The number of fused-ring (bicyclic) bond motifs is 1. The van der Waals surface area contributed by atoms with E-state index < -0.39 is 0 Å². The summed E-state index contributed by atoms with van der Waals surface area (Å²) in [7, 11) is 1.71. The Hall–Kier alpha value is -1.83. The summed E-state index contributed by atoms with van der Waals surface area (Å²) in [5.74, 6) is -0.0837. The minimum atomic E-state index is -0.0837. The first kappa shape index (κ1) is 11.6. The number of aromatic nitrogens is 2. The predicted molar refractivity (Wildman–Crippen MR) is 62.4 cm³/mol. The van der Waals surface area contributed by atoms with Gasteiger partial charge < -0.3 is 4.90 Å². The Labute approximate surface area is 100 Å². The molecule has 90 valence electrons. The van der Waals surface area contributed by atoms with Gasteiger partial charge in [0.15, 0.2) is 5.69 Å². The van der Waals surface area contributed by atoms with Crippen LogP contribution < -0.4 is 0 Å². The monoisotopic (exact) mass is 232 g/mol. The van der Waals surface area contributed by atoms with Gasteiger partial charge in [0.25, 0.3) is 5.91 Å². The molecule has 0 bridgehead atoms. The highest BCUT2D eigenvalue weighted by Gasteiger charge is 2.23. The number of hydrogen-bond donors (Lipinski definition) is 1. The number of aromatic amines is 1. The normalized spacial score (nSPS) is 13.9. The maximum absolute atomic E-state index is 12.1. The number of aryl methyl sites for hydroxylation is 1. The van der Waals surface area contributed by atoms with Gasteiger partial charge in [0.1, 0.15) is 0 Å². The molecule has 0 saturated heterocycles. The first-order chi connectivity index (χ1) is 8.24. The summed E-state index contributed by atoms with van der Waals surface area (Å²) in [5.41, 5.74) is 2.72. The number of hydrogen-bond acceptors (Lipinski definition) is 3. The Balaban J connectivity index is 2.14.